The lowest BCUT2D eigenvalue weighted by atomic mass is 9.87. The molecule has 0 unspecified atom stereocenters. The first-order chi connectivity index (χ1) is 9.01. The number of hydrogen-bond acceptors (Lipinski definition) is 2. The van der Waals surface area contributed by atoms with Crippen LogP contribution < -0.4 is 5.32 Å². The van der Waals surface area contributed by atoms with E-state index in [1.807, 2.05) is 0 Å². The summed E-state index contributed by atoms with van der Waals surface area (Å²) in [6, 6.07) is 10.4. The van der Waals surface area contributed by atoms with Crippen molar-refractivity contribution < 1.29 is 14.3 Å². The first-order valence-electron chi connectivity index (χ1n) is 5.62. The average Bonchev–Trinajstić information content (AvgIpc) is 2.64. The van der Waals surface area contributed by atoms with E-state index in [-0.39, 0.29) is 0 Å². The minimum atomic E-state index is -1.78. The predicted octanol–water partition coefficient (Wildman–Crippen LogP) is 2.78. The normalized spacial score (nSPS) is 21.1. The van der Waals surface area contributed by atoms with Crippen molar-refractivity contribution in [3.05, 3.63) is 63.9 Å². The maximum absolute atomic E-state index is 13.0. The van der Waals surface area contributed by atoms with Crippen molar-refractivity contribution in [1.82, 2.24) is 0 Å². The van der Waals surface area contributed by atoms with E-state index in [0.717, 1.165) is 4.47 Å². The largest absolute Gasteiger partial charge is 0.372 e. The highest BCUT2D eigenvalue weighted by Gasteiger charge is 2.46. The Morgan fingerprint density at radius 2 is 1.84 bits per heavy atom. The molecule has 1 aliphatic rings. The maximum atomic E-state index is 13.0. The first kappa shape index (κ1) is 12.3. The summed E-state index contributed by atoms with van der Waals surface area (Å²) < 4.78 is 13.7. The van der Waals surface area contributed by atoms with Gasteiger partial charge >= 0.3 is 0 Å². The summed E-state index contributed by atoms with van der Waals surface area (Å²) in [6.07, 6.45) is 0. The molecule has 0 bridgehead atoms. The van der Waals surface area contributed by atoms with Crippen LogP contribution in [0.2, 0.25) is 0 Å². The third kappa shape index (κ3) is 1.77. The number of carbonyl (C=O) groups excluding carboxylic acids is 1. The Hall–Kier alpha value is -1.72. The van der Waals surface area contributed by atoms with Crippen molar-refractivity contribution >= 4 is 27.5 Å². The minimum absolute atomic E-state index is 0.336. The van der Waals surface area contributed by atoms with Gasteiger partial charge in [0.1, 0.15) is 5.82 Å². The Balaban J connectivity index is 2.21. The number of fused-ring (bicyclic) bond motifs is 1. The highest BCUT2D eigenvalue weighted by molar-refractivity contribution is 9.10. The Bertz CT molecular complexity index is 672. The number of benzene rings is 2. The summed E-state index contributed by atoms with van der Waals surface area (Å²) in [4.78, 5) is 12.1. The smallest absolute Gasteiger partial charge is 0.265 e. The highest BCUT2D eigenvalue weighted by atomic mass is 79.9. The molecule has 19 heavy (non-hydrogen) atoms. The Labute approximate surface area is 117 Å². The standard InChI is InChI=1S/C14H9BrFNO2/c15-9-3-6-12-11(7-9)14(19,13(18)17-12)8-1-4-10(16)5-2-8/h1-7,19H,(H,17,18)/t14-/m1/s1. The molecule has 3 rings (SSSR count). The zero-order valence-corrected chi connectivity index (χ0v) is 11.2. The fraction of sp³-hybridized carbons (Fsp3) is 0.0714. The molecule has 0 saturated heterocycles. The zero-order valence-electron chi connectivity index (χ0n) is 9.65. The van der Waals surface area contributed by atoms with Gasteiger partial charge in [0.05, 0.1) is 0 Å². The maximum Gasteiger partial charge on any atom is 0.265 e. The first-order valence-corrected chi connectivity index (χ1v) is 6.41. The number of nitrogens with one attached hydrogen (secondary N) is 1. The quantitative estimate of drug-likeness (QED) is 0.848. The van der Waals surface area contributed by atoms with Gasteiger partial charge in [0.2, 0.25) is 0 Å². The van der Waals surface area contributed by atoms with Crippen LogP contribution in [0.15, 0.2) is 46.9 Å². The molecule has 1 amide bonds. The number of anilines is 1. The molecule has 0 spiro atoms. The highest BCUT2D eigenvalue weighted by Crippen LogP contribution is 2.41. The molecule has 0 saturated carbocycles. The van der Waals surface area contributed by atoms with Gasteiger partial charge in [-0.15, -0.1) is 0 Å². The molecule has 2 N–H and O–H groups in total. The van der Waals surface area contributed by atoms with E-state index >= 15 is 0 Å². The van der Waals surface area contributed by atoms with Crippen LogP contribution in [0.1, 0.15) is 11.1 Å². The Morgan fingerprint density at radius 1 is 1.16 bits per heavy atom. The van der Waals surface area contributed by atoms with Crippen molar-refractivity contribution in [1.29, 1.82) is 0 Å². The van der Waals surface area contributed by atoms with Gasteiger partial charge in [0.25, 0.3) is 5.91 Å². The zero-order chi connectivity index (χ0) is 13.6. The number of amides is 1. The second-order valence-corrected chi connectivity index (χ2v) is 5.28. The van der Waals surface area contributed by atoms with Crippen molar-refractivity contribution in [2.75, 3.05) is 5.32 Å². The number of hydrogen-bond donors (Lipinski definition) is 2. The van der Waals surface area contributed by atoms with E-state index in [1.165, 1.54) is 24.3 Å². The van der Waals surface area contributed by atoms with Crippen molar-refractivity contribution in [2.45, 2.75) is 5.60 Å². The van der Waals surface area contributed by atoms with E-state index in [0.29, 0.717) is 16.8 Å². The molecular formula is C14H9BrFNO2. The molecule has 96 valence electrons. The van der Waals surface area contributed by atoms with Crippen LogP contribution >= 0.6 is 15.9 Å². The SMILES string of the molecule is O=C1Nc2ccc(Br)cc2[C@]1(O)c1ccc(F)cc1. The second-order valence-electron chi connectivity index (χ2n) is 4.36. The van der Waals surface area contributed by atoms with Crippen LogP contribution in [-0.4, -0.2) is 11.0 Å². The van der Waals surface area contributed by atoms with Crippen LogP contribution in [0.5, 0.6) is 0 Å². The fourth-order valence-electron chi connectivity index (χ4n) is 2.24. The van der Waals surface area contributed by atoms with E-state index in [9.17, 15) is 14.3 Å². The number of carbonyl (C=O) groups is 1. The van der Waals surface area contributed by atoms with Crippen LogP contribution in [0.4, 0.5) is 10.1 Å². The summed E-state index contributed by atoms with van der Waals surface area (Å²) in [5.41, 5.74) is -0.436. The summed E-state index contributed by atoms with van der Waals surface area (Å²) in [5, 5.41) is 13.4. The molecule has 2 aromatic carbocycles. The van der Waals surface area contributed by atoms with Gasteiger partial charge in [0.15, 0.2) is 5.60 Å². The average molecular weight is 322 g/mol. The molecule has 0 fully saturated rings. The molecule has 0 aliphatic carbocycles. The minimum Gasteiger partial charge on any atom is -0.372 e. The van der Waals surface area contributed by atoms with Gasteiger partial charge in [0, 0.05) is 15.7 Å². The molecule has 1 heterocycles. The van der Waals surface area contributed by atoms with Gasteiger partial charge in [-0.2, -0.15) is 0 Å². The number of aliphatic hydroxyl groups is 1. The van der Waals surface area contributed by atoms with E-state index in [2.05, 4.69) is 21.2 Å². The summed E-state index contributed by atoms with van der Waals surface area (Å²) in [6.45, 7) is 0. The van der Waals surface area contributed by atoms with Crippen molar-refractivity contribution in [2.24, 2.45) is 0 Å². The molecular weight excluding hydrogens is 313 g/mol. The van der Waals surface area contributed by atoms with Crippen LogP contribution in [0, 0.1) is 5.82 Å². The monoisotopic (exact) mass is 321 g/mol. The predicted molar refractivity (Wildman–Crippen MR) is 72.2 cm³/mol. The van der Waals surface area contributed by atoms with Gasteiger partial charge in [-0.25, -0.2) is 4.39 Å². The van der Waals surface area contributed by atoms with Crippen LogP contribution in [0.3, 0.4) is 0 Å². The van der Waals surface area contributed by atoms with Crippen molar-refractivity contribution in [3.8, 4) is 0 Å². The third-order valence-corrected chi connectivity index (χ3v) is 3.70. The van der Waals surface area contributed by atoms with E-state index < -0.39 is 17.3 Å². The van der Waals surface area contributed by atoms with Gasteiger partial charge in [-0.3, -0.25) is 4.79 Å². The molecule has 5 heteroatoms. The van der Waals surface area contributed by atoms with Crippen LogP contribution in [0.25, 0.3) is 0 Å². The lowest BCUT2D eigenvalue weighted by Crippen LogP contribution is -2.35. The molecule has 1 atom stereocenters. The Kier molecular flexibility index (Phi) is 2.69. The molecule has 1 aliphatic heterocycles. The lowest BCUT2D eigenvalue weighted by Gasteiger charge is -2.21. The summed E-state index contributed by atoms with van der Waals surface area (Å²) >= 11 is 3.31. The summed E-state index contributed by atoms with van der Waals surface area (Å²) in [7, 11) is 0. The van der Waals surface area contributed by atoms with Crippen LogP contribution in [-0.2, 0) is 10.4 Å². The lowest BCUT2D eigenvalue weighted by molar-refractivity contribution is -0.129. The van der Waals surface area contributed by atoms with Crippen molar-refractivity contribution in [3.63, 3.8) is 0 Å². The number of rotatable bonds is 1. The molecule has 3 nitrogen and oxygen atoms in total. The fourth-order valence-corrected chi connectivity index (χ4v) is 2.60. The Morgan fingerprint density at radius 3 is 2.53 bits per heavy atom. The molecule has 0 aromatic heterocycles. The van der Waals surface area contributed by atoms with E-state index in [4.69, 9.17) is 0 Å². The molecule has 2 aromatic rings. The van der Waals surface area contributed by atoms with Gasteiger partial charge < -0.3 is 10.4 Å². The number of halogens is 2. The topological polar surface area (TPSA) is 49.3 Å². The third-order valence-electron chi connectivity index (χ3n) is 3.21. The molecule has 0 radical (unpaired) electrons. The second kappa shape index (κ2) is 4.15. The van der Waals surface area contributed by atoms with Gasteiger partial charge in [-0.05, 0) is 35.9 Å². The van der Waals surface area contributed by atoms with E-state index in [1.54, 1.807) is 18.2 Å². The summed E-state index contributed by atoms with van der Waals surface area (Å²) in [5.74, 6) is -0.951. The van der Waals surface area contributed by atoms with Gasteiger partial charge in [-0.1, -0.05) is 28.1 Å².